The molecule has 0 saturated heterocycles. The summed E-state index contributed by atoms with van der Waals surface area (Å²) in [6.45, 7) is 2.24. The Kier molecular flexibility index (Phi) is 2.55. The fourth-order valence-corrected chi connectivity index (χ4v) is 6.40. The largest absolute Gasteiger partial charge is 0.481 e. The maximum Gasteiger partial charge on any atom is 0.303 e. The van der Waals surface area contributed by atoms with E-state index >= 15 is 0 Å². The van der Waals surface area contributed by atoms with Crippen molar-refractivity contribution in [2.45, 2.75) is 58.3 Å². The van der Waals surface area contributed by atoms with E-state index in [0.29, 0.717) is 5.92 Å². The van der Waals surface area contributed by atoms with Crippen LogP contribution in [0, 0.1) is 22.2 Å². The highest BCUT2D eigenvalue weighted by atomic mass is 16.4. The predicted octanol–water partition coefficient (Wildman–Crippen LogP) is 2.91. The Labute approximate surface area is 113 Å². The van der Waals surface area contributed by atoms with Crippen LogP contribution < -0.4 is 0 Å². The molecule has 4 rings (SSSR count). The SMILES string of the molecule is CC12CC3CC(CC(=O)O)(C1)CC(CC(=O)O)(C3)C2. The third kappa shape index (κ3) is 2.15. The Morgan fingerprint density at radius 1 is 0.947 bits per heavy atom. The van der Waals surface area contributed by atoms with E-state index in [4.69, 9.17) is 0 Å². The molecule has 2 N–H and O–H groups in total. The van der Waals surface area contributed by atoms with Crippen LogP contribution in [0.25, 0.3) is 0 Å². The topological polar surface area (TPSA) is 74.6 Å². The molecule has 106 valence electrons. The molecule has 2 unspecified atom stereocenters. The van der Waals surface area contributed by atoms with Crippen molar-refractivity contribution in [2.75, 3.05) is 0 Å². The van der Waals surface area contributed by atoms with E-state index < -0.39 is 11.9 Å². The number of rotatable bonds is 4. The summed E-state index contributed by atoms with van der Waals surface area (Å²) in [6.07, 6.45) is 6.36. The molecule has 0 aromatic carbocycles. The van der Waals surface area contributed by atoms with Crippen LogP contribution in [0.3, 0.4) is 0 Å². The first-order valence-electron chi connectivity index (χ1n) is 7.18. The van der Waals surface area contributed by atoms with Gasteiger partial charge in [-0.25, -0.2) is 0 Å². The first-order chi connectivity index (χ1) is 8.74. The van der Waals surface area contributed by atoms with Crippen molar-refractivity contribution in [1.29, 1.82) is 0 Å². The van der Waals surface area contributed by atoms with Crippen LogP contribution in [-0.2, 0) is 9.59 Å². The van der Waals surface area contributed by atoms with Crippen molar-refractivity contribution in [3.8, 4) is 0 Å². The molecule has 0 amide bonds. The van der Waals surface area contributed by atoms with Crippen molar-refractivity contribution in [3.63, 3.8) is 0 Å². The Hall–Kier alpha value is -1.06. The van der Waals surface area contributed by atoms with Crippen molar-refractivity contribution < 1.29 is 19.8 Å². The van der Waals surface area contributed by atoms with Gasteiger partial charge in [0.05, 0.1) is 12.8 Å². The van der Waals surface area contributed by atoms with Gasteiger partial charge in [-0.3, -0.25) is 9.59 Å². The van der Waals surface area contributed by atoms with E-state index in [-0.39, 0.29) is 29.1 Å². The zero-order valence-electron chi connectivity index (χ0n) is 11.4. The second-order valence-corrected chi connectivity index (χ2v) is 7.96. The van der Waals surface area contributed by atoms with Gasteiger partial charge in [0.15, 0.2) is 0 Å². The first kappa shape index (κ1) is 12.9. The molecular formula is C15H22O4. The average molecular weight is 266 g/mol. The Morgan fingerprint density at radius 3 is 1.79 bits per heavy atom. The van der Waals surface area contributed by atoms with Crippen molar-refractivity contribution in [3.05, 3.63) is 0 Å². The minimum atomic E-state index is -0.726. The molecule has 0 aromatic rings. The van der Waals surface area contributed by atoms with Gasteiger partial charge in [-0.05, 0) is 60.7 Å². The second kappa shape index (κ2) is 3.74. The van der Waals surface area contributed by atoms with Crippen LogP contribution in [0.4, 0.5) is 0 Å². The third-order valence-corrected chi connectivity index (χ3v) is 5.63. The number of carbonyl (C=O) groups is 2. The molecule has 4 saturated carbocycles. The monoisotopic (exact) mass is 266 g/mol. The van der Waals surface area contributed by atoms with Crippen LogP contribution in [0.5, 0.6) is 0 Å². The lowest BCUT2D eigenvalue weighted by molar-refractivity contribution is -0.176. The summed E-state index contributed by atoms with van der Waals surface area (Å²) >= 11 is 0. The molecule has 0 radical (unpaired) electrons. The van der Waals surface area contributed by atoms with Crippen molar-refractivity contribution >= 4 is 11.9 Å². The summed E-state index contributed by atoms with van der Waals surface area (Å²) in [7, 11) is 0. The Morgan fingerprint density at radius 2 is 1.42 bits per heavy atom. The lowest BCUT2D eigenvalue weighted by Gasteiger charge is -2.65. The summed E-state index contributed by atoms with van der Waals surface area (Å²) in [5.41, 5.74) is -0.0881. The fourth-order valence-electron chi connectivity index (χ4n) is 6.40. The van der Waals surface area contributed by atoms with Crippen LogP contribution in [0.2, 0.25) is 0 Å². The van der Waals surface area contributed by atoms with E-state index in [0.717, 1.165) is 38.5 Å². The van der Waals surface area contributed by atoms with Crippen molar-refractivity contribution in [2.24, 2.45) is 22.2 Å². The lowest BCUT2D eigenvalue weighted by atomic mass is 9.39. The van der Waals surface area contributed by atoms with Gasteiger partial charge in [0.1, 0.15) is 0 Å². The molecule has 4 heteroatoms. The van der Waals surface area contributed by atoms with E-state index in [9.17, 15) is 19.8 Å². The highest BCUT2D eigenvalue weighted by Crippen LogP contribution is 2.71. The molecule has 2 atom stereocenters. The van der Waals surface area contributed by atoms with E-state index in [1.807, 2.05) is 0 Å². The second-order valence-electron chi connectivity index (χ2n) is 7.96. The summed E-state index contributed by atoms with van der Waals surface area (Å²) in [4.78, 5) is 22.4. The molecule has 19 heavy (non-hydrogen) atoms. The normalized spacial score (nSPS) is 47.3. The predicted molar refractivity (Wildman–Crippen MR) is 68.7 cm³/mol. The molecule has 4 aliphatic rings. The van der Waals surface area contributed by atoms with E-state index in [1.54, 1.807) is 0 Å². The number of aliphatic carboxylic acids is 2. The Bertz CT molecular complexity index is 409. The van der Waals surface area contributed by atoms with E-state index in [2.05, 4.69) is 6.92 Å². The number of hydrogen-bond acceptors (Lipinski definition) is 2. The quantitative estimate of drug-likeness (QED) is 0.820. The summed E-state index contributed by atoms with van der Waals surface area (Å²) in [5, 5.41) is 18.4. The molecule has 4 aliphatic carbocycles. The Balaban J connectivity index is 1.94. The van der Waals surface area contributed by atoms with Gasteiger partial charge in [-0.1, -0.05) is 6.92 Å². The van der Waals surface area contributed by atoms with Crippen LogP contribution in [-0.4, -0.2) is 22.2 Å². The van der Waals surface area contributed by atoms with Gasteiger partial charge in [-0.2, -0.15) is 0 Å². The molecule has 0 heterocycles. The van der Waals surface area contributed by atoms with Crippen LogP contribution >= 0.6 is 0 Å². The molecular weight excluding hydrogens is 244 g/mol. The molecule has 0 aliphatic heterocycles. The van der Waals surface area contributed by atoms with Crippen LogP contribution in [0.1, 0.15) is 58.3 Å². The third-order valence-electron chi connectivity index (χ3n) is 5.63. The summed E-state index contributed by atoms with van der Waals surface area (Å²) in [6, 6.07) is 0. The zero-order chi connectivity index (χ0) is 13.9. The minimum Gasteiger partial charge on any atom is -0.481 e. The fraction of sp³-hybridized carbons (Fsp3) is 0.867. The number of carboxylic acid groups (broad SMARTS) is 2. The van der Waals surface area contributed by atoms with Crippen molar-refractivity contribution in [1.82, 2.24) is 0 Å². The van der Waals surface area contributed by atoms with Gasteiger partial charge in [-0.15, -0.1) is 0 Å². The maximum absolute atomic E-state index is 11.2. The van der Waals surface area contributed by atoms with Crippen LogP contribution in [0.15, 0.2) is 0 Å². The highest BCUT2D eigenvalue weighted by Gasteiger charge is 2.62. The molecule has 0 aromatic heterocycles. The number of hydrogen-bond donors (Lipinski definition) is 2. The summed E-state index contributed by atoms with van der Waals surface area (Å²) in [5.74, 6) is -0.910. The lowest BCUT2D eigenvalue weighted by Crippen LogP contribution is -2.56. The standard InChI is InChI=1S/C15H22O4/c1-13-2-10-3-14(7-13,5-11(16)17)9-15(4-10,8-13)6-12(18)19/h10H,2-9H2,1H3,(H,16,17)(H,18,19). The highest BCUT2D eigenvalue weighted by molar-refractivity contribution is 5.69. The molecule has 0 spiro atoms. The molecule has 4 fully saturated rings. The average Bonchev–Trinajstić information content (AvgIpc) is 2.06. The zero-order valence-corrected chi connectivity index (χ0v) is 11.4. The molecule has 4 bridgehead atoms. The summed E-state index contributed by atoms with van der Waals surface area (Å²) < 4.78 is 0. The molecule has 4 nitrogen and oxygen atoms in total. The van der Waals surface area contributed by atoms with Gasteiger partial charge in [0.25, 0.3) is 0 Å². The maximum atomic E-state index is 11.2. The minimum absolute atomic E-state index is 0.130. The smallest absolute Gasteiger partial charge is 0.303 e. The number of carboxylic acids is 2. The van der Waals surface area contributed by atoms with Gasteiger partial charge in [0.2, 0.25) is 0 Å². The first-order valence-corrected chi connectivity index (χ1v) is 7.18. The van der Waals surface area contributed by atoms with Gasteiger partial charge >= 0.3 is 11.9 Å². The van der Waals surface area contributed by atoms with Gasteiger partial charge in [0, 0.05) is 0 Å². The van der Waals surface area contributed by atoms with Gasteiger partial charge < -0.3 is 10.2 Å². The van der Waals surface area contributed by atoms with E-state index in [1.165, 1.54) is 0 Å².